The van der Waals surface area contributed by atoms with Crippen LogP contribution in [-0.2, 0) is 19.6 Å². The first-order valence-corrected chi connectivity index (χ1v) is 8.92. The van der Waals surface area contributed by atoms with Crippen molar-refractivity contribution in [2.75, 3.05) is 26.0 Å². The first-order chi connectivity index (χ1) is 12.2. The molecule has 0 bridgehead atoms. The number of benzene rings is 1. The highest BCUT2D eigenvalue weighted by molar-refractivity contribution is 7.89. The molecular weight excluding hydrogens is 360 g/mol. The fourth-order valence-electron chi connectivity index (χ4n) is 1.82. The number of aryl methyl sites for hydroxylation is 1. The molecule has 0 aliphatic rings. The summed E-state index contributed by atoms with van der Waals surface area (Å²) in [5.41, 5.74) is 1.03. The lowest BCUT2D eigenvalue weighted by Crippen LogP contribution is -2.23. The Morgan fingerprint density at radius 2 is 1.77 bits per heavy atom. The minimum atomic E-state index is -3.54. The maximum absolute atomic E-state index is 12.0. The number of anilines is 1. The van der Waals surface area contributed by atoms with Gasteiger partial charge >= 0.3 is 5.97 Å². The molecule has 2 rings (SSSR count). The molecule has 10 heteroatoms. The number of carbonyl (C=O) groups is 2. The second kappa shape index (κ2) is 8.02. The maximum Gasteiger partial charge on any atom is 0.359 e. The van der Waals surface area contributed by atoms with Crippen LogP contribution in [0.1, 0.15) is 16.2 Å². The summed E-state index contributed by atoms with van der Waals surface area (Å²) >= 11 is 0. The zero-order chi connectivity index (χ0) is 19.3. The van der Waals surface area contributed by atoms with E-state index in [0.717, 1.165) is 4.31 Å². The Kier molecular flexibility index (Phi) is 6.01. The lowest BCUT2D eigenvalue weighted by molar-refractivity contribution is -0.119. The summed E-state index contributed by atoms with van der Waals surface area (Å²) in [5, 5.41) is 2.51. The van der Waals surface area contributed by atoms with E-state index in [1.807, 2.05) is 0 Å². The quantitative estimate of drug-likeness (QED) is 0.740. The third-order valence-electron chi connectivity index (χ3n) is 3.24. The van der Waals surface area contributed by atoms with Gasteiger partial charge < -0.3 is 10.1 Å². The number of esters is 1. The van der Waals surface area contributed by atoms with Crippen LogP contribution in [0.25, 0.3) is 0 Å². The van der Waals surface area contributed by atoms with Gasteiger partial charge in [0.2, 0.25) is 10.0 Å². The van der Waals surface area contributed by atoms with Crippen LogP contribution in [-0.4, -0.2) is 55.3 Å². The number of sulfonamides is 1. The summed E-state index contributed by atoms with van der Waals surface area (Å²) in [6, 6.07) is 5.64. The first-order valence-electron chi connectivity index (χ1n) is 7.48. The topological polar surface area (TPSA) is 119 Å². The Labute approximate surface area is 151 Å². The van der Waals surface area contributed by atoms with Crippen molar-refractivity contribution in [1.82, 2.24) is 14.3 Å². The molecule has 138 valence electrons. The van der Waals surface area contributed by atoms with E-state index in [0.29, 0.717) is 11.4 Å². The minimum Gasteiger partial charge on any atom is -0.451 e. The molecule has 0 saturated carbocycles. The van der Waals surface area contributed by atoms with Gasteiger partial charge in [-0.25, -0.2) is 22.5 Å². The second-order valence-corrected chi connectivity index (χ2v) is 7.63. The molecule has 9 nitrogen and oxygen atoms in total. The molecule has 1 aromatic carbocycles. The zero-order valence-corrected chi connectivity index (χ0v) is 15.3. The van der Waals surface area contributed by atoms with Gasteiger partial charge in [0.05, 0.1) is 16.8 Å². The second-order valence-electron chi connectivity index (χ2n) is 5.48. The molecule has 2 aromatic rings. The predicted molar refractivity (Wildman–Crippen MR) is 93.0 cm³/mol. The molecule has 0 spiro atoms. The van der Waals surface area contributed by atoms with Gasteiger partial charge in [-0.15, -0.1) is 0 Å². The molecule has 1 amide bonds. The largest absolute Gasteiger partial charge is 0.451 e. The van der Waals surface area contributed by atoms with Gasteiger partial charge in [-0.05, 0) is 31.2 Å². The first kappa shape index (κ1) is 19.5. The summed E-state index contributed by atoms with van der Waals surface area (Å²) in [6.07, 6.45) is 2.68. The van der Waals surface area contributed by atoms with Gasteiger partial charge in [0.15, 0.2) is 12.3 Å². The summed E-state index contributed by atoms with van der Waals surface area (Å²) in [6.45, 7) is 1.22. The average Bonchev–Trinajstić information content (AvgIpc) is 2.60. The number of aromatic nitrogens is 2. The molecule has 0 aliphatic heterocycles. The fourth-order valence-corrected chi connectivity index (χ4v) is 2.72. The molecule has 1 aromatic heterocycles. The van der Waals surface area contributed by atoms with Crippen molar-refractivity contribution in [1.29, 1.82) is 0 Å². The summed E-state index contributed by atoms with van der Waals surface area (Å²) < 4.78 is 29.9. The van der Waals surface area contributed by atoms with Crippen LogP contribution in [0, 0.1) is 6.92 Å². The van der Waals surface area contributed by atoms with Crippen molar-refractivity contribution in [2.45, 2.75) is 11.8 Å². The van der Waals surface area contributed by atoms with Crippen LogP contribution in [0.2, 0.25) is 0 Å². The number of nitrogens with one attached hydrogen (secondary N) is 1. The van der Waals surface area contributed by atoms with Gasteiger partial charge in [0, 0.05) is 26.0 Å². The van der Waals surface area contributed by atoms with Crippen molar-refractivity contribution in [3.8, 4) is 0 Å². The monoisotopic (exact) mass is 378 g/mol. The highest BCUT2D eigenvalue weighted by atomic mass is 32.2. The van der Waals surface area contributed by atoms with Crippen molar-refractivity contribution in [2.24, 2.45) is 0 Å². The molecule has 0 saturated heterocycles. The minimum absolute atomic E-state index is 0.00152. The molecule has 0 unspecified atom stereocenters. The molecule has 0 fully saturated rings. The Morgan fingerprint density at radius 3 is 2.31 bits per heavy atom. The lowest BCUT2D eigenvalue weighted by atomic mass is 10.3. The SMILES string of the molecule is Cc1cnc(C(=O)OCC(=O)Nc2ccc(S(=O)(=O)N(C)C)cc2)cn1. The van der Waals surface area contributed by atoms with Crippen LogP contribution in [0.5, 0.6) is 0 Å². The molecule has 0 aliphatic carbocycles. The van der Waals surface area contributed by atoms with Crippen molar-refractivity contribution in [3.63, 3.8) is 0 Å². The number of carbonyl (C=O) groups excluding carboxylic acids is 2. The summed E-state index contributed by atoms with van der Waals surface area (Å²) in [7, 11) is -0.682. The van der Waals surface area contributed by atoms with Gasteiger partial charge in [0.1, 0.15) is 0 Å². The number of rotatable bonds is 6. The van der Waals surface area contributed by atoms with Crippen LogP contribution >= 0.6 is 0 Å². The molecule has 0 radical (unpaired) electrons. The highest BCUT2D eigenvalue weighted by Gasteiger charge is 2.17. The zero-order valence-electron chi connectivity index (χ0n) is 14.5. The van der Waals surface area contributed by atoms with E-state index in [4.69, 9.17) is 4.74 Å². The summed E-state index contributed by atoms with van der Waals surface area (Å²) in [5.74, 6) is -1.33. The van der Waals surface area contributed by atoms with Crippen LogP contribution in [0.4, 0.5) is 5.69 Å². The number of hydrogen-bond donors (Lipinski definition) is 1. The standard InChI is InChI=1S/C16H18N4O5S/c1-11-8-18-14(9-17-11)16(22)25-10-15(21)19-12-4-6-13(7-5-12)26(23,24)20(2)3/h4-9H,10H2,1-3H3,(H,19,21). The average molecular weight is 378 g/mol. The normalized spacial score (nSPS) is 11.2. The lowest BCUT2D eigenvalue weighted by Gasteiger charge is -2.12. The summed E-state index contributed by atoms with van der Waals surface area (Å²) in [4.78, 5) is 31.5. The van der Waals surface area contributed by atoms with E-state index in [-0.39, 0.29) is 10.6 Å². The van der Waals surface area contributed by atoms with Crippen LogP contribution in [0.3, 0.4) is 0 Å². The molecule has 1 N–H and O–H groups in total. The van der Waals surface area contributed by atoms with Gasteiger partial charge in [-0.2, -0.15) is 0 Å². The Morgan fingerprint density at radius 1 is 1.12 bits per heavy atom. The van der Waals surface area contributed by atoms with Crippen molar-refractivity contribution < 1.29 is 22.7 Å². The molecular formula is C16H18N4O5S. The maximum atomic E-state index is 12.0. The van der Waals surface area contributed by atoms with E-state index in [1.54, 1.807) is 6.92 Å². The smallest absolute Gasteiger partial charge is 0.359 e. The van der Waals surface area contributed by atoms with E-state index in [1.165, 1.54) is 50.8 Å². The third kappa shape index (κ3) is 4.83. The molecule has 0 atom stereocenters. The van der Waals surface area contributed by atoms with Gasteiger partial charge in [-0.1, -0.05) is 0 Å². The Balaban J connectivity index is 1.91. The van der Waals surface area contributed by atoms with Crippen molar-refractivity contribution in [3.05, 3.63) is 48.0 Å². The van der Waals surface area contributed by atoms with Crippen molar-refractivity contribution >= 4 is 27.6 Å². The van der Waals surface area contributed by atoms with E-state index in [2.05, 4.69) is 15.3 Å². The number of hydrogen-bond acceptors (Lipinski definition) is 7. The van der Waals surface area contributed by atoms with E-state index in [9.17, 15) is 18.0 Å². The van der Waals surface area contributed by atoms with E-state index >= 15 is 0 Å². The number of nitrogens with zero attached hydrogens (tertiary/aromatic N) is 3. The highest BCUT2D eigenvalue weighted by Crippen LogP contribution is 2.16. The molecule has 1 heterocycles. The molecule has 26 heavy (non-hydrogen) atoms. The Hall–Kier alpha value is -2.85. The van der Waals surface area contributed by atoms with E-state index < -0.39 is 28.5 Å². The van der Waals surface area contributed by atoms with Crippen LogP contribution in [0.15, 0.2) is 41.6 Å². The number of ether oxygens (including phenoxy) is 1. The third-order valence-corrected chi connectivity index (χ3v) is 5.07. The Bertz CT molecular complexity index is 893. The van der Waals surface area contributed by atoms with Gasteiger partial charge in [-0.3, -0.25) is 9.78 Å². The number of amides is 1. The van der Waals surface area contributed by atoms with Crippen LogP contribution < -0.4 is 5.32 Å². The fraction of sp³-hybridized carbons (Fsp3) is 0.250. The van der Waals surface area contributed by atoms with Gasteiger partial charge in [0.25, 0.3) is 5.91 Å². The predicted octanol–water partition coefficient (Wildman–Crippen LogP) is 0.831.